The number of carbonyl (C=O) groups excluding carboxylic acids is 1. The first-order valence-electron chi connectivity index (χ1n) is 2.36. The van der Waals surface area contributed by atoms with Gasteiger partial charge in [-0.25, -0.2) is 4.79 Å². The summed E-state index contributed by atoms with van der Waals surface area (Å²) < 4.78 is 0. The second-order valence-corrected chi connectivity index (χ2v) is 1.46. The van der Waals surface area contributed by atoms with Gasteiger partial charge in [0.25, 0.3) is 0 Å². The third kappa shape index (κ3) is 3.21. The molecule has 0 unspecified atom stereocenters. The Labute approximate surface area is 48.6 Å². The molecule has 0 radical (unpaired) electrons. The molecule has 3 nitrogen and oxygen atoms in total. The fraction of sp³-hybridized carbons (Fsp3) is 0.400. The second-order valence-electron chi connectivity index (χ2n) is 1.46. The molecule has 0 saturated heterocycles. The topological polar surface area (TPSA) is 55.1 Å². The normalized spacial score (nSPS) is 11.0. The summed E-state index contributed by atoms with van der Waals surface area (Å²) >= 11 is 0. The molecule has 0 spiro atoms. The first-order chi connectivity index (χ1) is 3.66. The molecule has 8 heavy (non-hydrogen) atoms. The lowest BCUT2D eigenvalue weighted by Gasteiger charge is -1.96. The molecule has 0 aromatic rings. The number of rotatable bonds is 1. The monoisotopic (exact) mass is 114 g/mol. The maximum atomic E-state index is 10.0. The minimum atomic E-state index is -0.513. The summed E-state index contributed by atoms with van der Waals surface area (Å²) in [6.45, 7) is 3.59. The Bertz CT molecular complexity index is 118. The van der Waals surface area contributed by atoms with Gasteiger partial charge in [0.2, 0.25) is 0 Å². The summed E-state index contributed by atoms with van der Waals surface area (Å²) in [7, 11) is 0. The quantitative estimate of drug-likeness (QED) is 0.514. The number of hydrogen-bond donors (Lipinski definition) is 2. The molecular formula is C5H10N2O. The lowest BCUT2D eigenvalue weighted by molar-refractivity contribution is 0.251. The van der Waals surface area contributed by atoms with Gasteiger partial charge in [-0.2, -0.15) is 0 Å². The SMILES string of the molecule is C/C=C(\C)NC(N)=O. The van der Waals surface area contributed by atoms with Crippen LogP contribution in [0.15, 0.2) is 11.8 Å². The largest absolute Gasteiger partial charge is 0.351 e. The highest BCUT2D eigenvalue weighted by atomic mass is 16.2. The minimum absolute atomic E-state index is 0.513. The number of hydrogen-bond acceptors (Lipinski definition) is 1. The van der Waals surface area contributed by atoms with Crippen LogP contribution in [0.4, 0.5) is 4.79 Å². The van der Waals surface area contributed by atoms with E-state index in [-0.39, 0.29) is 0 Å². The molecule has 0 aliphatic carbocycles. The Kier molecular flexibility index (Phi) is 2.69. The van der Waals surface area contributed by atoms with E-state index in [0.29, 0.717) is 0 Å². The zero-order chi connectivity index (χ0) is 6.57. The maximum Gasteiger partial charge on any atom is 0.316 e. The van der Waals surface area contributed by atoms with Crippen LogP contribution in [0.3, 0.4) is 0 Å². The number of carbonyl (C=O) groups is 1. The van der Waals surface area contributed by atoms with Crippen LogP contribution >= 0.6 is 0 Å². The third-order valence-corrected chi connectivity index (χ3v) is 0.753. The standard InChI is InChI=1S/C5H10N2O/c1-3-4(2)7-5(6)8/h3H,1-2H3,(H3,6,7,8)/b4-3+. The van der Waals surface area contributed by atoms with Gasteiger partial charge < -0.3 is 11.1 Å². The zero-order valence-corrected chi connectivity index (χ0v) is 5.06. The Balaban J connectivity index is 3.56. The fourth-order valence-electron chi connectivity index (χ4n) is 0.266. The lowest BCUT2D eigenvalue weighted by atomic mass is 10.5. The van der Waals surface area contributed by atoms with Gasteiger partial charge in [-0.1, -0.05) is 6.08 Å². The van der Waals surface area contributed by atoms with Crippen molar-refractivity contribution in [3.63, 3.8) is 0 Å². The van der Waals surface area contributed by atoms with E-state index < -0.39 is 6.03 Å². The Hall–Kier alpha value is -0.990. The molecule has 0 aromatic heterocycles. The van der Waals surface area contributed by atoms with Gasteiger partial charge in [-0.05, 0) is 13.8 Å². The first kappa shape index (κ1) is 7.01. The van der Waals surface area contributed by atoms with E-state index in [0.717, 1.165) is 5.70 Å². The van der Waals surface area contributed by atoms with E-state index in [1.165, 1.54) is 0 Å². The minimum Gasteiger partial charge on any atom is -0.351 e. The molecule has 46 valence electrons. The zero-order valence-electron chi connectivity index (χ0n) is 5.06. The molecule has 0 bridgehead atoms. The van der Waals surface area contributed by atoms with Gasteiger partial charge in [0.15, 0.2) is 0 Å². The number of allylic oxidation sites excluding steroid dienone is 2. The summed E-state index contributed by atoms with van der Waals surface area (Å²) in [4.78, 5) is 10.0. The molecule has 0 rings (SSSR count). The van der Waals surface area contributed by atoms with Crippen LogP contribution in [-0.2, 0) is 0 Å². The number of nitrogens with one attached hydrogen (secondary N) is 1. The first-order valence-corrected chi connectivity index (χ1v) is 2.36. The molecule has 3 heteroatoms. The van der Waals surface area contributed by atoms with E-state index in [2.05, 4.69) is 5.32 Å². The predicted molar refractivity (Wildman–Crippen MR) is 32.2 cm³/mol. The van der Waals surface area contributed by atoms with E-state index in [1.54, 1.807) is 13.0 Å². The average molecular weight is 114 g/mol. The van der Waals surface area contributed by atoms with Gasteiger partial charge in [0.05, 0.1) is 0 Å². The van der Waals surface area contributed by atoms with Gasteiger partial charge >= 0.3 is 6.03 Å². The molecule has 2 amide bonds. The third-order valence-electron chi connectivity index (χ3n) is 0.753. The van der Waals surface area contributed by atoms with Crippen molar-refractivity contribution in [3.8, 4) is 0 Å². The van der Waals surface area contributed by atoms with Crippen LogP contribution < -0.4 is 11.1 Å². The van der Waals surface area contributed by atoms with Crippen LogP contribution in [-0.4, -0.2) is 6.03 Å². The fourth-order valence-corrected chi connectivity index (χ4v) is 0.266. The number of urea groups is 1. The smallest absolute Gasteiger partial charge is 0.316 e. The molecule has 0 atom stereocenters. The van der Waals surface area contributed by atoms with Gasteiger partial charge in [-0.15, -0.1) is 0 Å². The molecule has 0 heterocycles. The van der Waals surface area contributed by atoms with E-state index in [9.17, 15) is 4.79 Å². The van der Waals surface area contributed by atoms with E-state index in [4.69, 9.17) is 5.73 Å². The maximum absolute atomic E-state index is 10.0. The predicted octanol–water partition coefficient (Wildman–Crippen LogP) is 0.578. The van der Waals surface area contributed by atoms with Gasteiger partial charge in [0.1, 0.15) is 0 Å². The number of amides is 2. The van der Waals surface area contributed by atoms with Crippen molar-refractivity contribution < 1.29 is 4.79 Å². The Morgan fingerprint density at radius 1 is 1.75 bits per heavy atom. The van der Waals surface area contributed by atoms with Crippen molar-refractivity contribution >= 4 is 6.03 Å². The number of nitrogens with two attached hydrogens (primary N) is 1. The van der Waals surface area contributed by atoms with Gasteiger partial charge in [0, 0.05) is 5.70 Å². The summed E-state index contributed by atoms with van der Waals surface area (Å²) in [5, 5.41) is 2.39. The summed E-state index contributed by atoms with van der Waals surface area (Å²) in [6.07, 6.45) is 1.77. The van der Waals surface area contributed by atoms with Crippen molar-refractivity contribution in [1.82, 2.24) is 5.32 Å². The van der Waals surface area contributed by atoms with Crippen molar-refractivity contribution in [1.29, 1.82) is 0 Å². The highest BCUT2D eigenvalue weighted by Gasteiger charge is 1.87. The van der Waals surface area contributed by atoms with Crippen LogP contribution in [0.25, 0.3) is 0 Å². The van der Waals surface area contributed by atoms with E-state index >= 15 is 0 Å². The molecular weight excluding hydrogens is 104 g/mol. The van der Waals surface area contributed by atoms with Gasteiger partial charge in [-0.3, -0.25) is 0 Å². The molecule has 3 N–H and O–H groups in total. The molecule has 0 aromatic carbocycles. The molecule has 0 fully saturated rings. The summed E-state index contributed by atoms with van der Waals surface area (Å²) in [6, 6.07) is -0.513. The van der Waals surface area contributed by atoms with Crippen molar-refractivity contribution in [3.05, 3.63) is 11.8 Å². The lowest BCUT2D eigenvalue weighted by Crippen LogP contribution is -2.27. The Morgan fingerprint density at radius 3 is 2.38 bits per heavy atom. The Morgan fingerprint density at radius 2 is 2.25 bits per heavy atom. The molecule has 0 aliphatic heterocycles. The summed E-state index contributed by atoms with van der Waals surface area (Å²) in [5.74, 6) is 0. The highest BCUT2D eigenvalue weighted by Crippen LogP contribution is 1.81. The van der Waals surface area contributed by atoms with Crippen LogP contribution in [0.5, 0.6) is 0 Å². The molecule has 0 saturated carbocycles. The van der Waals surface area contributed by atoms with Crippen molar-refractivity contribution in [2.24, 2.45) is 5.73 Å². The van der Waals surface area contributed by atoms with Crippen molar-refractivity contribution in [2.45, 2.75) is 13.8 Å². The van der Waals surface area contributed by atoms with Crippen LogP contribution in [0, 0.1) is 0 Å². The van der Waals surface area contributed by atoms with Crippen molar-refractivity contribution in [2.75, 3.05) is 0 Å². The van der Waals surface area contributed by atoms with E-state index in [1.807, 2.05) is 6.92 Å². The van der Waals surface area contributed by atoms with Crippen LogP contribution in [0.1, 0.15) is 13.8 Å². The van der Waals surface area contributed by atoms with Crippen LogP contribution in [0.2, 0.25) is 0 Å². The highest BCUT2D eigenvalue weighted by molar-refractivity contribution is 5.73. The second kappa shape index (κ2) is 3.07. The average Bonchev–Trinajstić information content (AvgIpc) is 1.65. The number of primary amides is 1. The summed E-state index contributed by atoms with van der Waals surface area (Å²) in [5.41, 5.74) is 5.55. The molecule has 0 aliphatic rings.